The number of Topliss-reactive ketones (excluding diaryl/α,β-unsaturated/α-hetero) is 1. The standard InChI is InChI=1S/C28H39NO6/c1-14-6-18-26(33,21(14)31)9-16(10-30)7-17-19-23(3,4)27(19,8-15(2)28(17,18)34)35-22(32)20(29)25-11-24(5,12-25)13-25/h6-7,15,17-20,30,33-34H,8-13,29H2,1-5H3/t15-,17+,18-,19-,20-,24?,25?,26-,27+,28-/m1/s1. The predicted molar refractivity (Wildman–Crippen MR) is 128 cm³/mol. The minimum absolute atomic E-state index is 0.0154. The summed E-state index contributed by atoms with van der Waals surface area (Å²) in [5.74, 6) is -2.62. The van der Waals surface area contributed by atoms with E-state index in [1.165, 1.54) is 0 Å². The fraction of sp³-hybridized carbons (Fsp3) is 0.786. The van der Waals surface area contributed by atoms with Crippen molar-refractivity contribution in [1.82, 2.24) is 0 Å². The highest BCUT2D eigenvalue weighted by atomic mass is 16.6. The van der Waals surface area contributed by atoms with Crippen molar-refractivity contribution in [2.24, 2.45) is 45.7 Å². The molecule has 0 aromatic heterocycles. The van der Waals surface area contributed by atoms with Crippen LogP contribution in [-0.4, -0.2) is 56.5 Å². The zero-order valence-electron chi connectivity index (χ0n) is 21.4. The lowest BCUT2D eigenvalue weighted by atomic mass is 9.34. The molecular formula is C28H39NO6. The smallest absolute Gasteiger partial charge is 0.324 e. The lowest BCUT2D eigenvalue weighted by Gasteiger charge is -2.71. The summed E-state index contributed by atoms with van der Waals surface area (Å²) in [5, 5.41) is 34.1. The highest BCUT2D eigenvalue weighted by Crippen LogP contribution is 2.78. The van der Waals surface area contributed by atoms with Gasteiger partial charge in [0.05, 0.1) is 12.2 Å². The van der Waals surface area contributed by atoms with E-state index in [4.69, 9.17) is 10.5 Å². The van der Waals surface area contributed by atoms with Crippen LogP contribution in [-0.2, 0) is 14.3 Å². The SMILES string of the molecule is CC1=C[C@H]2[C@@]3(O)[C@H](C)C[C@]4(OC(=O)[C@@H](N)C56CC(C)(C5)C6)[C@H]([C@@H]3C=C(CO)C[C@]2(O)C1=O)C4(C)C. The van der Waals surface area contributed by atoms with Gasteiger partial charge in [0.25, 0.3) is 0 Å². The molecule has 0 amide bonds. The molecule has 2 bridgehead atoms. The third-order valence-electron chi connectivity index (χ3n) is 11.4. The first-order valence-corrected chi connectivity index (χ1v) is 13.1. The second kappa shape index (κ2) is 6.47. The average molecular weight is 486 g/mol. The van der Waals surface area contributed by atoms with Crippen LogP contribution in [0.3, 0.4) is 0 Å². The highest BCUT2D eigenvalue weighted by molar-refractivity contribution is 6.04. The first kappa shape index (κ1) is 23.8. The van der Waals surface area contributed by atoms with Crippen molar-refractivity contribution in [3.05, 3.63) is 23.3 Å². The van der Waals surface area contributed by atoms with Crippen molar-refractivity contribution < 1.29 is 29.6 Å². The normalized spacial score (nSPS) is 53.5. The third-order valence-corrected chi connectivity index (χ3v) is 11.4. The van der Waals surface area contributed by atoms with Crippen LogP contribution in [0.15, 0.2) is 23.3 Å². The van der Waals surface area contributed by atoms with Crippen molar-refractivity contribution in [1.29, 1.82) is 0 Å². The second-order valence-electron chi connectivity index (χ2n) is 13.9. The lowest BCUT2D eigenvalue weighted by molar-refractivity contribution is -0.220. The van der Waals surface area contributed by atoms with Crippen LogP contribution in [0.5, 0.6) is 0 Å². The molecule has 0 aromatic rings. The number of esters is 1. The molecule has 192 valence electrons. The molecule has 5 fully saturated rings. The number of hydrogen-bond donors (Lipinski definition) is 4. The number of carbonyl (C=O) groups excluding carboxylic acids is 2. The first-order chi connectivity index (χ1) is 16.1. The van der Waals surface area contributed by atoms with Crippen LogP contribution < -0.4 is 5.73 Å². The molecule has 7 nitrogen and oxygen atoms in total. The number of aliphatic hydroxyl groups excluding tert-OH is 1. The number of fused-ring (bicyclic) bond motifs is 5. The molecular weight excluding hydrogens is 446 g/mol. The molecule has 5 saturated carbocycles. The minimum atomic E-state index is -1.78. The Morgan fingerprint density at radius 1 is 1.20 bits per heavy atom. The summed E-state index contributed by atoms with van der Waals surface area (Å²) in [6, 6.07) is -0.646. The zero-order chi connectivity index (χ0) is 25.6. The van der Waals surface area contributed by atoms with Gasteiger partial charge in [-0.2, -0.15) is 0 Å². The largest absolute Gasteiger partial charge is 0.457 e. The molecule has 0 radical (unpaired) electrons. The van der Waals surface area contributed by atoms with Crippen LogP contribution >= 0.6 is 0 Å². The summed E-state index contributed by atoms with van der Waals surface area (Å²) >= 11 is 0. The molecule has 0 heterocycles. The monoisotopic (exact) mass is 485 g/mol. The molecule has 0 spiro atoms. The van der Waals surface area contributed by atoms with Crippen molar-refractivity contribution in [3.63, 3.8) is 0 Å². The van der Waals surface area contributed by atoms with Gasteiger partial charge in [0.1, 0.15) is 17.2 Å². The van der Waals surface area contributed by atoms with E-state index in [-0.39, 0.29) is 42.0 Å². The number of rotatable bonds is 4. The van der Waals surface area contributed by atoms with Gasteiger partial charge in [0, 0.05) is 29.6 Å². The van der Waals surface area contributed by atoms with E-state index >= 15 is 0 Å². The molecule has 8 atom stereocenters. The second-order valence-corrected chi connectivity index (χ2v) is 13.9. The van der Waals surface area contributed by atoms with E-state index in [0.717, 1.165) is 19.3 Å². The molecule has 7 aliphatic carbocycles. The Bertz CT molecular complexity index is 1090. The average Bonchev–Trinajstić information content (AvgIpc) is 3.14. The predicted octanol–water partition coefficient (Wildman–Crippen LogP) is 2.03. The van der Waals surface area contributed by atoms with Gasteiger partial charge in [-0.3, -0.25) is 9.59 Å². The highest BCUT2D eigenvalue weighted by Gasteiger charge is 2.83. The third kappa shape index (κ3) is 2.56. The molecule has 0 saturated heterocycles. The Kier molecular flexibility index (Phi) is 4.41. The maximum Gasteiger partial charge on any atom is 0.324 e. The topological polar surface area (TPSA) is 130 Å². The number of aliphatic hydroxyl groups is 3. The van der Waals surface area contributed by atoms with Crippen molar-refractivity contribution >= 4 is 11.8 Å². The van der Waals surface area contributed by atoms with Crippen molar-refractivity contribution in [2.45, 2.75) is 89.6 Å². The molecule has 7 heteroatoms. The van der Waals surface area contributed by atoms with Gasteiger partial charge < -0.3 is 25.8 Å². The number of nitrogens with two attached hydrogens (primary N) is 1. The number of hydrogen-bond acceptors (Lipinski definition) is 7. The summed E-state index contributed by atoms with van der Waals surface area (Å²) in [7, 11) is 0. The van der Waals surface area contributed by atoms with Gasteiger partial charge in [0.15, 0.2) is 5.78 Å². The molecule has 7 aliphatic rings. The Labute approximate surface area is 206 Å². The Hall–Kier alpha value is -1.54. The fourth-order valence-electron chi connectivity index (χ4n) is 9.82. The Morgan fingerprint density at radius 2 is 1.83 bits per heavy atom. The van der Waals surface area contributed by atoms with E-state index in [9.17, 15) is 24.9 Å². The summed E-state index contributed by atoms with van der Waals surface area (Å²) in [4.78, 5) is 26.4. The van der Waals surface area contributed by atoms with E-state index < -0.39 is 40.1 Å². The van der Waals surface area contributed by atoms with E-state index in [1.807, 2.05) is 13.0 Å². The fourth-order valence-corrected chi connectivity index (χ4v) is 9.82. The molecule has 5 N–H and O–H groups in total. The van der Waals surface area contributed by atoms with Gasteiger partial charge in [-0.25, -0.2) is 0 Å². The van der Waals surface area contributed by atoms with Crippen molar-refractivity contribution in [2.75, 3.05) is 6.61 Å². The van der Waals surface area contributed by atoms with Gasteiger partial charge in [-0.1, -0.05) is 39.8 Å². The van der Waals surface area contributed by atoms with Gasteiger partial charge in [-0.05, 0) is 60.5 Å². The van der Waals surface area contributed by atoms with E-state index in [1.54, 1.807) is 13.0 Å². The van der Waals surface area contributed by atoms with Crippen molar-refractivity contribution in [3.8, 4) is 0 Å². The molecule has 35 heavy (non-hydrogen) atoms. The molecule has 7 rings (SSSR count). The number of ether oxygens (including phenoxy) is 1. The summed E-state index contributed by atoms with van der Waals surface area (Å²) in [6.45, 7) is 9.62. The van der Waals surface area contributed by atoms with Gasteiger partial charge in [-0.15, -0.1) is 0 Å². The van der Waals surface area contributed by atoms with Crippen LogP contribution in [0, 0.1) is 39.9 Å². The van der Waals surface area contributed by atoms with E-state index in [2.05, 4.69) is 20.8 Å². The zero-order valence-corrected chi connectivity index (χ0v) is 21.4. The molecule has 0 aromatic carbocycles. The minimum Gasteiger partial charge on any atom is -0.457 e. The Balaban J connectivity index is 1.37. The van der Waals surface area contributed by atoms with Crippen LogP contribution in [0.2, 0.25) is 0 Å². The lowest BCUT2D eigenvalue weighted by Crippen LogP contribution is -2.69. The Morgan fingerprint density at radius 3 is 2.40 bits per heavy atom. The maximum absolute atomic E-state index is 13.4. The van der Waals surface area contributed by atoms with Crippen LogP contribution in [0.1, 0.15) is 66.7 Å². The van der Waals surface area contributed by atoms with Gasteiger partial charge in [0.2, 0.25) is 0 Å². The molecule has 0 unspecified atom stereocenters. The summed E-state index contributed by atoms with van der Waals surface area (Å²) < 4.78 is 6.35. The quantitative estimate of drug-likeness (QED) is 0.354. The maximum atomic E-state index is 13.4. The first-order valence-electron chi connectivity index (χ1n) is 13.1. The molecule has 0 aliphatic heterocycles. The van der Waals surface area contributed by atoms with Gasteiger partial charge >= 0.3 is 5.97 Å². The number of carbonyl (C=O) groups is 2. The van der Waals surface area contributed by atoms with Crippen LogP contribution in [0.25, 0.3) is 0 Å². The van der Waals surface area contributed by atoms with Crippen LogP contribution in [0.4, 0.5) is 0 Å². The number of ketones is 1. The summed E-state index contributed by atoms with van der Waals surface area (Å²) in [5.41, 5.74) is 3.22. The summed E-state index contributed by atoms with van der Waals surface area (Å²) in [6.07, 6.45) is 6.89. The van der Waals surface area contributed by atoms with E-state index in [0.29, 0.717) is 23.0 Å².